The van der Waals surface area contributed by atoms with Crippen LogP contribution in [-0.2, 0) is 0 Å². The van der Waals surface area contributed by atoms with Crippen LogP contribution < -0.4 is 5.43 Å². The number of halogens is 1. The van der Waals surface area contributed by atoms with Crippen molar-refractivity contribution in [3.63, 3.8) is 0 Å². The molecule has 0 aliphatic carbocycles. The normalized spacial score (nSPS) is 10.7. The molecule has 20 heavy (non-hydrogen) atoms. The molecule has 2 aromatic rings. The number of nitro groups is 1. The Labute approximate surface area is 113 Å². The highest BCUT2D eigenvalue weighted by Crippen LogP contribution is 2.25. The average Bonchev–Trinajstić information content (AvgIpc) is 2.42. The van der Waals surface area contributed by atoms with E-state index in [4.69, 9.17) is 0 Å². The Balaban J connectivity index is 2.10. The van der Waals surface area contributed by atoms with Crippen LogP contribution in [-0.4, -0.2) is 16.2 Å². The van der Waals surface area contributed by atoms with Crippen molar-refractivity contribution in [2.45, 2.75) is 0 Å². The fraction of sp³-hybridized carbons (Fsp3) is 0. The number of hydrogen-bond donors (Lipinski definition) is 2. The summed E-state index contributed by atoms with van der Waals surface area (Å²) in [4.78, 5) is 9.97. The molecule has 0 radical (unpaired) electrons. The summed E-state index contributed by atoms with van der Waals surface area (Å²) in [5.74, 6) is -0.757. The van der Waals surface area contributed by atoms with Crippen LogP contribution >= 0.6 is 0 Å². The summed E-state index contributed by atoms with van der Waals surface area (Å²) in [5.41, 5.74) is 3.29. The van der Waals surface area contributed by atoms with Crippen LogP contribution in [0.3, 0.4) is 0 Å². The van der Waals surface area contributed by atoms with E-state index in [1.165, 1.54) is 48.7 Å². The van der Waals surface area contributed by atoms with Crippen molar-refractivity contribution in [1.29, 1.82) is 0 Å². The molecule has 0 aliphatic rings. The number of nitrogens with zero attached hydrogens (tertiary/aromatic N) is 2. The molecule has 0 aromatic heterocycles. The molecule has 0 saturated heterocycles. The number of nitro benzene ring substituents is 1. The van der Waals surface area contributed by atoms with E-state index in [1.54, 1.807) is 0 Å². The minimum absolute atomic E-state index is 0.353. The summed E-state index contributed by atoms with van der Waals surface area (Å²) in [6, 6.07) is 9.48. The number of phenols is 1. The second kappa shape index (κ2) is 5.79. The minimum atomic E-state index is -0.680. The van der Waals surface area contributed by atoms with Crippen molar-refractivity contribution in [2.24, 2.45) is 5.10 Å². The average molecular weight is 275 g/mol. The fourth-order valence-electron chi connectivity index (χ4n) is 1.47. The zero-order chi connectivity index (χ0) is 14.5. The molecular formula is C13H10FN3O3. The summed E-state index contributed by atoms with van der Waals surface area (Å²) in [6.45, 7) is 0. The summed E-state index contributed by atoms with van der Waals surface area (Å²) in [5, 5.41) is 23.8. The molecular weight excluding hydrogens is 265 g/mol. The maximum absolute atomic E-state index is 12.7. The first-order chi connectivity index (χ1) is 9.56. The number of hydrogen-bond acceptors (Lipinski definition) is 5. The molecule has 0 fully saturated rings. The van der Waals surface area contributed by atoms with Crippen LogP contribution in [0.1, 0.15) is 5.56 Å². The van der Waals surface area contributed by atoms with Crippen molar-refractivity contribution in [1.82, 2.24) is 0 Å². The van der Waals surface area contributed by atoms with E-state index >= 15 is 0 Å². The zero-order valence-electron chi connectivity index (χ0n) is 10.2. The first-order valence-electron chi connectivity index (χ1n) is 5.58. The smallest absolute Gasteiger partial charge is 0.311 e. The van der Waals surface area contributed by atoms with Gasteiger partial charge in [0, 0.05) is 11.6 Å². The van der Waals surface area contributed by atoms with Crippen LogP contribution in [0.5, 0.6) is 5.75 Å². The highest BCUT2D eigenvalue weighted by atomic mass is 19.1. The van der Waals surface area contributed by atoms with Gasteiger partial charge in [0.1, 0.15) is 5.82 Å². The number of phenolic OH excluding ortho intramolecular Hbond substituents is 1. The lowest BCUT2D eigenvalue weighted by Gasteiger charge is -2.00. The van der Waals surface area contributed by atoms with E-state index in [0.29, 0.717) is 11.3 Å². The van der Waals surface area contributed by atoms with Gasteiger partial charge >= 0.3 is 5.69 Å². The standard InChI is InChI=1S/C13H10FN3O3/c14-10-2-4-11(5-3-10)16-15-8-9-1-6-13(18)12(7-9)17(19)20/h1-8,16,18H/b15-8-. The quantitative estimate of drug-likeness (QED) is 0.510. The van der Waals surface area contributed by atoms with Gasteiger partial charge in [-0.05, 0) is 36.4 Å². The third-order valence-electron chi connectivity index (χ3n) is 2.45. The van der Waals surface area contributed by atoms with Crippen molar-refractivity contribution >= 4 is 17.6 Å². The molecule has 0 bridgehead atoms. The number of hydrazone groups is 1. The summed E-state index contributed by atoms with van der Waals surface area (Å²) in [7, 11) is 0. The number of benzene rings is 2. The number of rotatable bonds is 4. The van der Waals surface area contributed by atoms with Crippen LogP contribution in [0.15, 0.2) is 47.6 Å². The monoisotopic (exact) mass is 275 g/mol. The zero-order valence-corrected chi connectivity index (χ0v) is 10.2. The van der Waals surface area contributed by atoms with Gasteiger partial charge in [0.15, 0.2) is 5.75 Å². The Bertz CT molecular complexity index is 656. The molecule has 2 rings (SSSR count). The van der Waals surface area contributed by atoms with Crippen LogP contribution in [0.4, 0.5) is 15.8 Å². The fourth-order valence-corrected chi connectivity index (χ4v) is 1.47. The Morgan fingerprint density at radius 3 is 2.60 bits per heavy atom. The Morgan fingerprint density at radius 1 is 1.25 bits per heavy atom. The molecule has 0 unspecified atom stereocenters. The maximum Gasteiger partial charge on any atom is 0.311 e. The second-order valence-electron chi connectivity index (χ2n) is 3.88. The molecule has 2 N–H and O–H groups in total. The van der Waals surface area contributed by atoms with E-state index in [2.05, 4.69) is 10.5 Å². The van der Waals surface area contributed by atoms with Gasteiger partial charge in [0.25, 0.3) is 0 Å². The number of anilines is 1. The van der Waals surface area contributed by atoms with Crippen molar-refractivity contribution in [2.75, 3.05) is 5.43 Å². The number of aromatic hydroxyl groups is 1. The topological polar surface area (TPSA) is 87.8 Å². The SMILES string of the molecule is O=[N+]([O-])c1cc(/C=N\Nc2ccc(F)cc2)ccc1O. The Hall–Kier alpha value is -2.96. The van der Waals surface area contributed by atoms with E-state index in [-0.39, 0.29) is 5.82 Å². The van der Waals surface area contributed by atoms with Gasteiger partial charge in [-0.1, -0.05) is 0 Å². The molecule has 0 saturated carbocycles. The first-order valence-corrected chi connectivity index (χ1v) is 5.58. The van der Waals surface area contributed by atoms with Gasteiger partial charge in [-0.2, -0.15) is 5.10 Å². The Kier molecular flexibility index (Phi) is 3.90. The molecule has 7 heteroatoms. The van der Waals surface area contributed by atoms with Crippen molar-refractivity contribution in [3.05, 3.63) is 64.0 Å². The molecule has 6 nitrogen and oxygen atoms in total. The van der Waals surface area contributed by atoms with Gasteiger partial charge in [-0.25, -0.2) is 4.39 Å². The van der Waals surface area contributed by atoms with Gasteiger partial charge in [0.2, 0.25) is 0 Å². The third kappa shape index (κ3) is 3.29. The molecule has 0 spiro atoms. The minimum Gasteiger partial charge on any atom is -0.502 e. The lowest BCUT2D eigenvalue weighted by molar-refractivity contribution is -0.385. The van der Waals surface area contributed by atoms with Gasteiger partial charge in [-0.15, -0.1) is 0 Å². The lowest BCUT2D eigenvalue weighted by atomic mass is 10.2. The Morgan fingerprint density at radius 2 is 1.95 bits per heavy atom. The third-order valence-corrected chi connectivity index (χ3v) is 2.45. The molecule has 0 heterocycles. The maximum atomic E-state index is 12.7. The lowest BCUT2D eigenvalue weighted by Crippen LogP contribution is -1.93. The van der Waals surface area contributed by atoms with Gasteiger partial charge in [-0.3, -0.25) is 15.5 Å². The summed E-state index contributed by atoms with van der Waals surface area (Å²) >= 11 is 0. The highest BCUT2D eigenvalue weighted by molar-refractivity contribution is 5.82. The molecule has 0 atom stereocenters. The largest absolute Gasteiger partial charge is 0.502 e. The van der Waals surface area contributed by atoms with Crippen LogP contribution in [0.2, 0.25) is 0 Å². The summed E-state index contributed by atoms with van der Waals surface area (Å²) < 4.78 is 12.7. The molecule has 102 valence electrons. The predicted molar refractivity (Wildman–Crippen MR) is 72.4 cm³/mol. The highest BCUT2D eigenvalue weighted by Gasteiger charge is 2.12. The van der Waals surface area contributed by atoms with Crippen molar-refractivity contribution in [3.8, 4) is 5.75 Å². The first kappa shape index (κ1) is 13.5. The van der Waals surface area contributed by atoms with E-state index in [1.807, 2.05) is 0 Å². The molecule has 2 aromatic carbocycles. The van der Waals surface area contributed by atoms with E-state index in [0.717, 1.165) is 0 Å². The molecule has 0 aliphatic heterocycles. The number of nitrogens with one attached hydrogen (secondary N) is 1. The summed E-state index contributed by atoms with van der Waals surface area (Å²) in [6.07, 6.45) is 1.36. The molecule has 0 amide bonds. The van der Waals surface area contributed by atoms with Gasteiger partial charge in [0.05, 0.1) is 16.8 Å². The van der Waals surface area contributed by atoms with Gasteiger partial charge < -0.3 is 5.11 Å². The van der Waals surface area contributed by atoms with E-state index in [9.17, 15) is 19.6 Å². The van der Waals surface area contributed by atoms with Crippen LogP contribution in [0.25, 0.3) is 0 Å². The van der Waals surface area contributed by atoms with Crippen molar-refractivity contribution < 1.29 is 14.4 Å². The van der Waals surface area contributed by atoms with E-state index < -0.39 is 16.4 Å². The van der Waals surface area contributed by atoms with Crippen LogP contribution in [0, 0.1) is 15.9 Å². The predicted octanol–water partition coefficient (Wildman–Crippen LogP) is 2.89. The second-order valence-corrected chi connectivity index (χ2v) is 3.88.